The number of aliphatic hydroxyl groups excluding tert-OH is 1. The van der Waals surface area contributed by atoms with Crippen LogP contribution in [0.1, 0.15) is 0 Å². The molecule has 0 spiro atoms. The van der Waals surface area contributed by atoms with Crippen LogP contribution in [0.4, 0.5) is 17.1 Å². The summed E-state index contributed by atoms with van der Waals surface area (Å²) in [4.78, 5) is 12.2. The van der Waals surface area contributed by atoms with E-state index in [4.69, 9.17) is 10.8 Å². The molecule has 0 radical (unpaired) electrons. The number of nitrogens with zero attached hydrogens (tertiary/aromatic N) is 1. The SMILES string of the molecule is CNc1cc(N)ccc1N(C=O)CCO. The van der Waals surface area contributed by atoms with Gasteiger partial charge in [0, 0.05) is 19.3 Å². The second-order valence-corrected chi connectivity index (χ2v) is 3.05. The molecule has 0 saturated carbocycles. The van der Waals surface area contributed by atoms with E-state index in [9.17, 15) is 4.79 Å². The van der Waals surface area contributed by atoms with Gasteiger partial charge in [0.25, 0.3) is 0 Å². The lowest BCUT2D eigenvalue weighted by Crippen LogP contribution is -2.25. The van der Waals surface area contributed by atoms with Gasteiger partial charge in [-0.2, -0.15) is 0 Å². The van der Waals surface area contributed by atoms with Crippen molar-refractivity contribution in [2.24, 2.45) is 0 Å². The molecule has 15 heavy (non-hydrogen) atoms. The van der Waals surface area contributed by atoms with Gasteiger partial charge < -0.3 is 21.1 Å². The average Bonchev–Trinajstić information content (AvgIpc) is 2.26. The first kappa shape index (κ1) is 11.3. The van der Waals surface area contributed by atoms with Gasteiger partial charge in [-0.1, -0.05) is 0 Å². The molecule has 4 N–H and O–H groups in total. The van der Waals surface area contributed by atoms with E-state index in [1.54, 1.807) is 25.2 Å². The fraction of sp³-hybridized carbons (Fsp3) is 0.300. The number of nitrogens with two attached hydrogens (primary N) is 1. The van der Waals surface area contributed by atoms with Crippen LogP contribution in [0.15, 0.2) is 18.2 Å². The third-order valence-corrected chi connectivity index (χ3v) is 2.07. The minimum Gasteiger partial charge on any atom is -0.399 e. The molecule has 5 nitrogen and oxygen atoms in total. The zero-order valence-corrected chi connectivity index (χ0v) is 8.60. The number of benzene rings is 1. The summed E-state index contributed by atoms with van der Waals surface area (Å²) in [6.07, 6.45) is 0.683. The summed E-state index contributed by atoms with van der Waals surface area (Å²) >= 11 is 0. The molecule has 1 rings (SSSR count). The van der Waals surface area contributed by atoms with E-state index >= 15 is 0 Å². The minimum atomic E-state index is -0.0771. The minimum absolute atomic E-state index is 0.0771. The van der Waals surface area contributed by atoms with Crippen molar-refractivity contribution in [3.05, 3.63) is 18.2 Å². The molecule has 0 unspecified atom stereocenters. The van der Waals surface area contributed by atoms with E-state index in [1.165, 1.54) is 4.90 Å². The Balaban J connectivity index is 3.04. The van der Waals surface area contributed by atoms with E-state index in [0.29, 0.717) is 17.8 Å². The van der Waals surface area contributed by atoms with E-state index in [1.807, 2.05) is 0 Å². The summed E-state index contributed by atoms with van der Waals surface area (Å²) in [5, 5.41) is 11.7. The fourth-order valence-corrected chi connectivity index (χ4v) is 1.34. The Labute approximate surface area is 88.5 Å². The Bertz CT molecular complexity index is 341. The van der Waals surface area contributed by atoms with Gasteiger partial charge in [0.15, 0.2) is 0 Å². The fourth-order valence-electron chi connectivity index (χ4n) is 1.34. The number of carbonyl (C=O) groups excluding carboxylic acids is 1. The maximum atomic E-state index is 10.8. The largest absolute Gasteiger partial charge is 0.399 e. The standard InChI is InChI=1S/C10H15N3O2/c1-12-9-6-8(11)2-3-10(9)13(7-15)4-5-14/h2-3,6-7,12,14H,4-5,11H2,1H3. The molecule has 0 bridgehead atoms. The Kier molecular flexibility index (Phi) is 3.93. The smallest absolute Gasteiger partial charge is 0.214 e. The molecule has 0 atom stereocenters. The van der Waals surface area contributed by atoms with Crippen molar-refractivity contribution < 1.29 is 9.90 Å². The highest BCUT2D eigenvalue weighted by molar-refractivity contribution is 5.85. The van der Waals surface area contributed by atoms with Gasteiger partial charge in [-0.25, -0.2) is 0 Å². The van der Waals surface area contributed by atoms with Crippen LogP contribution in [0.2, 0.25) is 0 Å². The summed E-state index contributed by atoms with van der Waals surface area (Å²) in [7, 11) is 1.75. The summed E-state index contributed by atoms with van der Waals surface area (Å²) in [5.74, 6) is 0. The van der Waals surface area contributed by atoms with Crippen LogP contribution in [0.5, 0.6) is 0 Å². The molecule has 1 aromatic rings. The molecule has 0 aromatic heterocycles. The van der Waals surface area contributed by atoms with Crippen LogP contribution in [0, 0.1) is 0 Å². The van der Waals surface area contributed by atoms with Crippen LogP contribution in [0.3, 0.4) is 0 Å². The van der Waals surface area contributed by atoms with E-state index in [0.717, 1.165) is 5.69 Å². The van der Waals surface area contributed by atoms with Gasteiger partial charge in [0.1, 0.15) is 0 Å². The second-order valence-electron chi connectivity index (χ2n) is 3.05. The highest BCUT2D eigenvalue weighted by Gasteiger charge is 2.09. The first-order valence-electron chi connectivity index (χ1n) is 4.63. The van der Waals surface area contributed by atoms with Gasteiger partial charge >= 0.3 is 0 Å². The highest BCUT2D eigenvalue weighted by atomic mass is 16.3. The molecule has 0 aliphatic rings. The lowest BCUT2D eigenvalue weighted by molar-refractivity contribution is -0.107. The van der Waals surface area contributed by atoms with Crippen molar-refractivity contribution in [1.82, 2.24) is 0 Å². The highest BCUT2D eigenvalue weighted by Crippen LogP contribution is 2.26. The van der Waals surface area contributed by atoms with Crippen LogP contribution in [0.25, 0.3) is 0 Å². The number of nitrogens with one attached hydrogen (secondary N) is 1. The van der Waals surface area contributed by atoms with Crippen molar-refractivity contribution in [2.45, 2.75) is 0 Å². The molecular formula is C10H15N3O2. The number of rotatable bonds is 5. The molecule has 0 fully saturated rings. The molecule has 0 saturated heterocycles. The third-order valence-electron chi connectivity index (χ3n) is 2.07. The van der Waals surface area contributed by atoms with Gasteiger partial charge in [-0.15, -0.1) is 0 Å². The predicted octanol–water partition coefficient (Wildman–Crippen LogP) is 0.266. The molecule has 1 amide bonds. The zero-order valence-electron chi connectivity index (χ0n) is 8.60. The Morgan fingerprint density at radius 2 is 2.33 bits per heavy atom. The second kappa shape index (κ2) is 5.21. The molecule has 1 aromatic carbocycles. The monoisotopic (exact) mass is 209 g/mol. The maximum absolute atomic E-state index is 10.8. The number of hydrogen-bond donors (Lipinski definition) is 3. The first-order valence-corrected chi connectivity index (χ1v) is 4.63. The number of carbonyl (C=O) groups is 1. The summed E-state index contributed by atoms with van der Waals surface area (Å²) in [5.41, 5.74) is 7.71. The van der Waals surface area contributed by atoms with Gasteiger partial charge in [-0.05, 0) is 18.2 Å². The zero-order chi connectivity index (χ0) is 11.3. The number of nitrogen functional groups attached to an aromatic ring is 1. The molecule has 5 heteroatoms. The maximum Gasteiger partial charge on any atom is 0.214 e. The Hall–Kier alpha value is -1.75. The molecule has 82 valence electrons. The van der Waals surface area contributed by atoms with Crippen molar-refractivity contribution in [3.8, 4) is 0 Å². The molecule has 0 heterocycles. The quantitative estimate of drug-likeness (QED) is 0.480. The van der Waals surface area contributed by atoms with Gasteiger partial charge in [-0.3, -0.25) is 4.79 Å². The van der Waals surface area contributed by atoms with E-state index in [2.05, 4.69) is 5.32 Å². The van der Waals surface area contributed by atoms with Gasteiger partial charge in [0.2, 0.25) is 6.41 Å². The number of amides is 1. The van der Waals surface area contributed by atoms with Crippen LogP contribution >= 0.6 is 0 Å². The predicted molar refractivity (Wildman–Crippen MR) is 60.9 cm³/mol. The van der Waals surface area contributed by atoms with Gasteiger partial charge in [0.05, 0.1) is 18.0 Å². The van der Waals surface area contributed by atoms with Crippen molar-refractivity contribution in [3.63, 3.8) is 0 Å². The van der Waals surface area contributed by atoms with Crippen molar-refractivity contribution in [2.75, 3.05) is 36.1 Å². The van der Waals surface area contributed by atoms with Crippen molar-refractivity contribution >= 4 is 23.5 Å². The lowest BCUT2D eigenvalue weighted by Gasteiger charge is -2.19. The molecule has 0 aliphatic heterocycles. The number of hydrogen-bond acceptors (Lipinski definition) is 4. The summed E-state index contributed by atoms with van der Waals surface area (Å²) < 4.78 is 0. The normalized spacial score (nSPS) is 9.73. The summed E-state index contributed by atoms with van der Waals surface area (Å²) in [6, 6.07) is 5.19. The van der Waals surface area contributed by atoms with Crippen LogP contribution in [-0.2, 0) is 4.79 Å². The molecule has 0 aliphatic carbocycles. The number of anilines is 3. The van der Waals surface area contributed by atoms with Crippen molar-refractivity contribution in [1.29, 1.82) is 0 Å². The third kappa shape index (κ3) is 2.60. The van der Waals surface area contributed by atoms with Crippen LogP contribution < -0.4 is 16.0 Å². The molecular weight excluding hydrogens is 194 g/mol. The van der Waals surface area contributed by atoms with E-state index in [-0.39, 0.29) is 13.2 Å². The summed E-state index contributed by atoms with van der Waals surface area (Å²) in [6.45, 7) is 0.189. The Morgan fingerprint density at radius 3 is 2.87 bits per heavy atom. The Morgan fingerprint density at radius 1 is 1.60 bits per heavy atom. The van der Waals surface area contributed by atoms with E-state index < -0.39 is 0 Å². The lowest BCUT2D eigenvalue weighted by atomic mass is 10.2. The van der Waals surface area contributed by atoms with Crippen LogP contribution in [-0.4, -0.2) is 31.7 Å². The average molecular weight is 209 g/mol. The number of aliphatic hydroxyl groups is 1. The first-order chi connectivity index (χ1) is 7.22. The topological polar surface area (TPSA) is 78.6 Å².